The van der Waals surface area contributed by atoms with E-state index < -0.39 is 12.4 Å². The minimum absolute atomic E-state index is 0.316. The molecule has 0 unspecified atom stereocenters. The highest BCUT2D eigenvalue weighted by molar-refractivity contribution is 7.98. The highest BCUT2D eigenvalue weighted by Crippen LogP contribution is 2.27. The molecular weight excluding hydrogens is 445 g/mol. The van der Waals surface area contributed by atoms with Crippen molar-refractivity contribution in [3.05, 3.63) is 66.6 Å². The molecule has 32 heavy (non-hydrogen) atoms. The highest BCUT2D eigenvalue weighted by atomic mass is 32.2. The number of thioether (sulfide) groups is 1. The van der Waals surface area contributed by atoms with E-state index in [0.717, 1.165) is 28.1 Å². The topological polar surface area (TPSA) is 105 Å². The molecule has 0 aliphatic rings. The third kappa shape index (κ3) is 5.66. The zero-order chi connectivity index (χ0) is 22.6. The number of nitrogens with one attached hydrogen (secondary N) is 3. The standard InChI is InChI=1S/C20H15F3N6O2S/c21-20(22,23)31-15-6-4-13(5-7-15)27-19(30)28-14-3-1-2-12(8-14)10-32-18-16-9-26-29-17(16)24-11-25-18/h1-9,11H,10H2,(H2,27,28,30)(H,24,25,26,29). The summed E-state index contributed by atoms with van der Waals surface area (Å²) in [6, 6.07) is 11.6. The molecular formula is C20H15F3N6O2S. The first-order valence-electron chi connectivity index (χ1n) is 9.15. The molecule has 0 fully saturated rings. The number of benzene rings is 2. The lowest BCUT2D eigenvalue weighted by Crippen LogP contribution is -2.19. The van der Waals surface area contributed by atoms with Gasteiger partial charge >= 0.3 is 12.4 Å². The van der Waals surface area contributed by atoms with E-state index >= 15 is 0 Å². The van der Waals surface area contributed by atoms with Crippen LogP contribution >= 0.6 is 11.8 Å². The van der Waals surface area contributed by atoms with Crippen molar-refractivity contribution in [1.82, 2.24) is 20.2 Å². The lowest BCUT2D eigenvalue weighted by molar-refractivity contribution is -0.274. The molecule has 4 rings (SSSR count). The first-order valence-corrected chi connectivity index (χ1v) is 10.1. The Morgan fingerprint density at radius 3 is 2.62 bits per heavy atom. The van der Waals surface area contributed by atoms with Crippen LogP contribution in [-0.4, -0.2) is 32.6 Å². The second kappa shape index (κ2) is 9.14. The van der Waals surface area contributed by atoms with Crippen molar-refractivity contribution in [3.63, 3.8) is 0 Å². The Morgan fingerprint density at radius 1 is 1.06 bits per heavy atom. The van der Waals surface area contributed by atoms with Crippen LogP contribution in [0.5, 0.6) is 5.75 Å². The maximum atomic E-state index is 12.2. The Kier molecular flexibility index (Phi) is 6.12. The molecule has 0 saturated carbocycles. The number of hydrogen-bond donors (Lipinski definition) is 3. The first kappa shape index (κ1) is 21.4. The number of carbonyl (C=O) groups is 1. The van der Waals surface area contributed by atoms with E-state index in [1.165, 1.54) is 30.2 Å². The number of alkyl halides is 3. The summed E-state index contributed by atoms with van der Waals surface area (Å²) in [6.07, 6.45) is -1.64. The summed E-state index contributed by atoms with van der Waals surface area (Å²) < 4.78 is 40.5. The Balaban J connectivity index is 1.34. The number of amides is 2. The molecule has 0 spiro atoms. The Bertz CT molecular complexity index is 1230. The largest absolute Gasteiger partial charge is 0.573 e. The third-order valence-corrected chi connectivity index (χ3v) is 5.19. The van der Waals surface area contributed by atoms with Crippen LogP contribution in [-0.2, 0) is 5.75 Å². The van der Waals surface area contributed by atoms with Crippen molar-refractivity contribution < 1.29 is 22.7 Å². The number of hydrogen-bond acceptors (Lipinski definition) is 6. The van der Waals surface area contributed by atoms with Crippen molar-refractivity contribution in [1.29, 1.82) is 0 Å². The van der Waals surface area contributed by atoms with Gasteiger partial charge in [-0.1, -0.05) is 12.1 Å². The predicted molar refractivity (Wildman–Crippen MR) is 113 cm³/mol. The second-order valence-electron chi connectivity index (χ2n) is 6.45. The van der Waals surface area contributed by atoms with E-state index in [2.05, 4.69) is 35.5 Å². The average molecular weight is 460 g/mol. The monoisotopic (exact) mass is 460 g/mol. The molecule has 0 radical (unpaired) electrons. The Labute approximate surface area is 183 Å². The molecule has 2 aromatic heterocycles. The van der Waals surface area contributed by atoms with Crippen molar-refractivity contribution >= 4 is 40.2 Å². The number of ether oxygens (including phenoxy) is 1. The van der Waals surface area contributed by atoms with E-state index in [-0.39, 0.29) is 5.75 Å². The zero-order valence-corrected chi connectivity index (χ0v) is 17.0. The number of H-pyrrole nitrogens is 1. The molecule has 12 heteroatoms. The van der Waals surface area contributed by atoms with Crippen LogP contribution in [0.1, 0.15) is 5.56 Å². The van der Waals surface area contributed by atoms with E-state index in [4.69, 9.17) is 0 Å². The molecule has 4 aromatic rings. The van der Waals surface area contributed by atoms with Crippen molar-refractivity contribution in [2.75, 3.05) is 10.6 Å². The van der Waals surface area contributed by atoms with Gasteiger partial charge in [-0.25, -0.2) is 14.8 Å². The van der Waals surface area contributed by atoms with E-state index in [9.17, 15) is 18.0 Å². The fraction of sp³-hybridized carbons (Fsp3) is 0.100. The lowest BCUT2D eigenvalue weighted by Gasteiger charge is -2.11. The number of aromatic nitrogens is 4. The molecule has 164 valence electrons. The third-order valence-electron chi connectivity index (χ3n) is 4.12. The van der Waals surface area contributed by atoms with Crippen LogP contribution in [0.4, 0.5) is 29.3 Å². The molecule has 2 heterocycles. The summed E-state index contributed by atoms with van der Waals surface area (Å²) in [7, 11) is 0. The van der Waals surface area contributed by atoms with Gasteiger partial charge in [0.15, 0.2) is 5.65 Å². The second-order valence-corrected chi connectivity index (χ2v) is 7.42. The van der Waals surface area contributed by atoms with Gasteiger partial charge in [0.05, 0.1) is 11.6 Å². The van der Waals surface area contributed by atoms with Crippen LogP contribution < -0.4 is 15.4 Å². The highest BCUT2D eigenvalue weighted by Gasteiger charge is 2.30. The molecule has 2 aromatic carbocycles. The summed E-state index contributed by atoms with van der Waals surface area (Å²) in [5, 5.41) is 13.6. The van der Waals surface area contributed by atoms with Gasteiger partial charge in [-0.3, -0.25) is 5.10 Å². The number of anilines is 2. The molecule has 0 aliphatic carbocycles. The SMILES string of the molecule is O=C(Nc1ccc(OC(F)(F)F)cc1)Nc1cccc(CSc2ncnc3[nH]ncc23)c1. The molecule has 0 aliphatic heterocycles. The van der Waals surface area contributed by atoms with Crippen molar-refractivity contribution in [2.45, 2.75) is 17.1 Å². The fourth-order valence-electron chi connectivity index (χ4n) is 2.78. The fourth-order valence-corrected chi connectivity index (χ4v) is 3.69. The van der Waals surface area contributed by atoms with Crippen LogP contribution in [0.3, 0.4) is 0 Å². The number of halogens is 3. The van der Waals surface area contributed by atoms with Gasteiger partial charge < -0.3 is 15.4 Å². The minimum atomic E-state index is -4.77. The van der Waals surface area contributed by atoms with Gasteiger partial charge in [-0.15, -0.1) is 24.9 Å². The average Bonchev–Trinajstić information content (AvgIpc) is 3.22. The molecule has 8 nitrogen and oxygen atoms in total. The van der Waals surface area contributed by atoms with Gasteiger partial charge in [0.2, 0.25) is 0 Å². The van der Waals surface area contributed by atoms with E-state index in [1.54, 1.807) is 12.3 Å². The first-order chi connectivity index (χ1) is 15.4. The van der Waals surface area contributed by atoms with Crippen LogP contribution in [0.25, 0.3) is 11.0 Å². The quantitative estimate of drug-likeness (QED) is 0.270. The zero-order valence-electron chi connectivity index (χ0n) is 16.2. The normalized spacial score (nSPS) is 11.3. The van der Waals surface area contributed by atoms with Gasteiger partial charge in [-0.2, -0.15) is 5.10 Å². The molecule has 2 amide bonds. The minimum Gasteiger partial charge on any atom is -0.406 e. The summed E-state index contributed by atoms with van der Waals surface area (Å²) >= 11 is 1.51. The number of carbonyl (C=O) groups excluding carboxylic acids is 1. The summed E-state index contributed by atoms with van der Waals surface area (Å²) in [4.78, 5) is 20.6. The molecule has 0 saturated heterocycles. The number of urea groups is 1. The lowest BCUT2D eigenvalue weighted by atomic mass is 10.2. The van der Waals surface area contributed by atoms with Crippen molar-refractivity contribution in [3.8, 4) is 5.75 Å². The maximum absolute atomic E-state index is 12.2. The Morgan fingerprint density at radius 2 is 1.84 bits per heavy atom. The number of nitrogens with zero attached hydrogens (tertiary/aromatic N) is 3. The Hall–Kier alpha value is -3.80. The maximum Gasteiger partial charge on any atom is 0.573 e. The smallest absolute Gasteiger partial charge is 0.406 e. The van der Waals surface area contributed by atoms with Crippen LogP contribution in [0, 0.1) is 0 Å². The predicted octanol–water partition coefficient (Wildman–Crippen LogP) is 5.19. The van der Waals surface area contributed by atoms with E-state index in [1.807, 2.05) is 18.2 Å². The van der Waals surface area contributed by atoms with Crippen LogP contribution in [0.2, 0.25) is 0 Å². The van der Waals surface area contributed by atoms with Gasteiger partial charge in [0.25, 0.3) is 0 Å². The van der Waals surface area contributed by atoms with Crippen molar-refractivity contribution in [2.24, 2.45) is 0 Å². The number of aromatic amines is 1. The summed E-state index contributed by atoms with van der Waals surface area (Å²) in [6.45, 7) is 0. The summed E-state index contributed by atoms with van der Waals surface area (Å²) in [5.74, 6) is 0.236. The molecule has 0 bridgehead atoms. The molecule has 3 N–H and O–H groups in total. The number of rotatable bonds is 6. The van der Waals surface area contributed by atoms with Crippen LogP contribution in [0.15, 0.2) is 66.1 Å². The van der Waals surface area contributed by atoms with Gasteiger partial charge in [-0.05, 0) is 42.0 Å². The summed E-state index contributed by atoms with van der Waals surface area (Å²) in [5.41, 5.74) is 2.50. The van der Waals surface area contributed by atoms with Gasteiger partial charge in [0, 0.05) is 17.1 Å². The van der Waals surface area contributed by atoms with Gasteiger partial charge in [0.1, 0.15) is 17.1 Å². The van der Waals surface area contributed by atoms with E-state index in [0.29, 0.717) is 22.8 Å². The molecule has 0 atom stereocenters. The number of fused-ring (bicyclic) bond motifs is 1.